The number of aromatic carboxylic acids is 2. The Balaban J connectivity index is 2.80. The normalized spacial score (nSPS) is 10.5. The zero-order valence-corrected chi connectivity index (χ0v) is 13.9. The topological polar surface area (TPSA) is 101 Å². The molecule has 2 aromatic carbocycles. The van der Waals surface area contributed by atoms with Gasteiger partial charge in [-0.2, -0.15) is 0 Å². The van der Waals surface area contributed by atoms with Gasteiger partial charge in [-0.25, -0.2) is 9.59 Å². The summed E-state index contributed by atoms with van der Waals surface area (Å²) in [4.78, 5) is 23.0. The lowest BCUT2D eigenvalue weighted by Crippen LogP contribution is -2.08. The van der Waals surface area contributed by atoms with Crippen LogP contribution in [0, 0.1) is 10.5 Å². The van der Waals surface area contributed by atoms with E-state index in [-0.39, 0.29) is 16.7 Å². The first-order valence-corrected chi connectivity index (χ1v) is 7.53. The van der Waals surface area contributed by atoms with Crippen molar-refractivity contribution in [1.29, 1.82) is 0 Å². The molecule has 2 aromatic rings. The molecule has 5 nitrogen and oxygen atoms in total. The summed E-state index contributed by atoms with van der Waals surface area (Å²) in [7, 11) is 0. The van der Waals surface area contributed by atoms with Crippen LogP contribution in [0.2, 0.25) is 0 Å². The molecule has 22 heavy (non-hydrogen) atoms. The molecule has 2 rings (SSSR count). The van der Waals surface area contributed by atoms with E-state index in [0.29, 0.717) is 17.7 Å². The fourth-order valence-corrected chi connectivity index (χ4v) is 3.04. The van der Waals surface area contributed by atoms with Gasteiger partial charge >= 0.3 is 11.9 Å². The Labute approximate surface area is 140 Å². The van der Waals surface area contributed by atoms with Crippen LogP contribution in [0.1, 0.15) is 31.8 Å². The number of nitrogens with two attached hydrogens (primary N) is 1. The van der Waals surface area contributed by atoms with Crippen molar-refractivity contribution in [2.24, 2.45) is 5.73 Å². The quantitative estimate of drug-likeness (QED) is 0.672. The van der Waals surface area contributed by atoms with Crippen LogP contribution in [-0.2, 0) is 6.54 Å². The first-order chi connectivity index (χ1) is 10.3. The largest absolute Gasteiger partial charge is 0.478 e. The fraction of sp³-hybridized carbons (Fsp3) is 0.125. The third kappa shape index (κ3) is 3.12. The highest BCUT2D eigenvalue weighted by Gasteiger charge is 2.21. The number of benzene rings is 2. The van der Waals surface area contributed by atoms with Crippen LogP contribution in [0.4, 0.5) is 0 Å². The third-order valence-electron chi connectivity index (χ3n) is 3.31. The molecule has 0 aliphatic carbocycles. The van der Waals surface area contributed by atoms with Crippen LogP contribution in [0.25, 0.3) is 11.1 Å². The van der Waals surface area contributed by atoms with Gasteiger partial charge in [-0.1, -0.05) is 12.1 Å². The molecule has 0 saturated carbocycles. The van der Waals surface area contributed by atoms with Gasteiger partial charge in [-0.05, 0) is 64.4 Å². The molecule has 0 fully saturated rings. The monoisotopic (exact) mass is 411 g/mol. The Kier molecular flexibility index (Phi) is 4.82. The maximum atomic E-state index is 11.5. The van der Waals surface area contributed by atoms with Gasteiger partial charge in [0.15, 0.2) is 0 Å². The van der Waals surface area contributed by atoms with Crippen molar-refractivity contribution >= 4 is 34.5 Å². The van der Waals surface area contributed by atoms with Crippen LogP contribution in [0.15, 0.2) is 30.3 Å². The SMILES string of the molecule is Cc1cc(C(=O)O)c(-c2ccc(CN)c(I)c2)c(C(=O)O)c1. The zero-order chi connectivity index (χ0) is 16.4. The van der Waals surface area contributed by atoms with Crippen LogP contribution in [0.3, 0.4) is 0 Å². The molecule has 6 heteroatoms. The summed E-state index contributed by atoms with van der Waals surface area (Å²) in [5.74, 6) is -2.31. The highest BCUT2D eigenvalue weighted by atomic mass is 127. The van der Waals surface area contributed by atoms with Crippen LogP contribution in [-0.4, -0.2) is 22.2 Å². The summed E-state index contributed by atoms with van der Waals surface area (Å²) in [6, 6.07) is 8.20. The summed E-state index contributed by atoms with van der Waals surface area (Å²) in [6.07, 6.45) is 0. The lowest BCUT2D eigenvalue weighted by molar-refractivity contribution is 0.0696. The van der Waals surface area contributed by atoms with Gasteiger partial charge in [0.1, 0.15) is 0 Å². The molecule has 0 amide bonds. The second-order valence-corrected chi connectivity index (χ2v) is 6.02. The van der Waals surface area contributed by atoms with Gasteiger partial charge in [0, 0.05) is 15.7 Å². The maximum Gasteiger partial charge on any atom is 0.336 e. The minimum Gasteiger partial charge on any atom is -0.478 e. The lowest BCUT2D eigenvalue weighted by atomic mass is 9.92. The number of carboxylic acid groups (broad SMARTS) is 2. The number of aryl methyl sites for hydroxylation is 1. The number of hydrogen-bond acceptors (Lipinski definition) is 3. The second-order valence-electron chi connectivity index (χ2n) is 4.86. The Morgan fingerprint density at radius 2 is 1.64 bits per heavy atom. The van der Waals surface area contributed by atoms with Gasteiger partial charge < -0.3 is 15.9 Å². The van der Waals surface area contributed by atoms with E-state index in [4.69, 9.17) is 5.73 Å². The van der Waals surface area contributed by atoms with Gasteiger partial charge in [0.05, 0.1) is 11.1 Å². The Morgan fingerprint density at radius 3 is 2.05 bits per heavy atom. The maximum absolute atomic E-state index is 11.5. The molecule has 0 atom stereocenters. The summed E-state index contributed by atoms with van der Waals surface area (Å²) in [5, 5.41) is 18.8. The summed E-state index contributed by atoms with van der Waals surface area (Å²) < 4.78 is 0.867. The molecule has 0 radical (unpaired) electrons. The van der Waals surface area contributed by atoms with Crippen molar-refractivity contribution < 1.29 is 19.8 Å². The van der Waals surface area contributed by atoms with E-state index < -0.39 is 11.9 Å². The predicted molar refractivity (Wildman–Crippen MR) is 91.1 cm³/mol. The second kappa shape index (κ2) is 6.45. The van der Waals surface area contributed by atoms with Gasteiger partial charge in [-0.3, -0.25) is 0 Å². The predicted octanol–water partition coefficient (Wildman–Crippen LogP) is 3.12. The lowest BCUT2D eigenvalue weighted by Gasteiger charge is -2.13. The molecule has 0 aliphatic rings. The minimum atomic E-state index is -1.15. The van der Waals surface area contributed by atoms with E-state index >= 15 is 0 Å². The Morgan fingerprint density at radius 1 is 1.09 bits per heavy atom. The standard InChI is InChI=1S/C16H14INO4/c1-8-4-11(15(19)20)14(12(5-8)16(21)22)9-2-3-10(7-18)13(17)6-9/h2-6H,7,18H2,1H3,(H,19,20)(H,21,22). The first-order valence-electron chi connectivity index (χ1n) is 6.45. The molecule has 0 saturated heterocycles. The van der Waals surface area contributed by atoms with E-state index in [1.54, 1.807) is 25.1 Å². The first kappa shape index (κ1) is 16.4. The van der Waals surface area contributed by atoms with Crippen molar-refractivity contribution in [3.8, 4) is 11.1 Å². The summed E-state index contributed by atoms with van der Waals surface area (Å²) >= 11 is 2.10. The molecule has 0 aliphatic heterocycles. The average molecular weight is 411 g/mol. The molecular weight excluding hydrogens is 397 g/mol. The van der Waals surface area contributed by atoms with Gasteiger partial charge in [0.25, 0.3) is 0 Å². The van der Waals surface area contributed by atoms with Crippen molar-refractivity contribution in [2.75, 3.05) is 0 Å². The minimum absolute atomic E-state index is 0.0197. The van der Waals surface area contributed by atoms with E-state index in [1.165, 1.54) is 12.1 Å². The van der Waals surface area contributed by atoms with Crippen molar-refractivity contribution in [3.63, 3.8) is 0 Å². The molecule has 114 valence electrons. The van der Waals surface area contributed by atoms with E-state index in [1.807, 2.05) is 0 Å². The number of halogens is 1. The molecule has 0 aromatic heterocycles. The van der Waals surface area contributed by atoms with Crippen molar-refractivity contribution in [2.45, 2.75) is 13.5 Å². The van der Waals surface area contributed by atoms with Crippen molar-refractivity contribution in [3.05, 3.63) is 56.2 Å². The summed E-state index contributed by atoms with van der Waals surface area (Å²) in [6.45, 7) is 2.04. The van der Waals surface area contributed by atoms with Crippen LogP contribution < -0.4 is 5.73 Å². The van der Waals surface area contributed by atoms with Gasteiger partial charge in [0.2, 0.25) is 0 Å². The van der Waals surface area contributed by atoms with Crippen LogP contribution >= 0.6 is 22.6 Å². The van der Waals surface area contributed by atoms with Gasteiger partial charge in [-0.15, -0.1) is 0 Å². The summed E-state index contributed by atoms with van der Waals surface area (Å²) in [5.41, 5.74) is 7.86. The number of hydrogen-bond donors (Lipinski definition) is 3. The van der Waals surface area contributed by atoms with E-state index in [9.17, 15) is 19.8 Å². The van der Waals surface area contributed by atoms with Crippen molar-refractivity contribution in [1.82, 2.24) is 0 Å². The Bertz CT molecular complexity index is 736. The molecule has 0 heterocycles. The highest BCUT2D eigenvalue weighted by Crippen LogP contribution is 2.31. The van der Waals surface area contributed by atoms with Crippen LogP contribution in [0.5, 0.6) is 0 Å². The molecule has 4 N–H and O–H groups in total. The fourth-order valence-electron chi connectivity index (χ4n) is 2.30. The number of carboxylic acids is 2. The number of carbonyl (C=O) groups is 2. The molecule has 0 bridgehead atoms. The zero-order valence-electron chi connectivity index (χ0n) is 11.8. The number of rotatable bonds is 4. The molecule has 0 spiro atoms. The smallest absolute Gasteiger partial charge is 0.336 e. The average Bonchev–Trinajstić information content (AvgIpc) is 2.46. The molecular formula is C16H14INO4. The Hall–Kier alpha value is -1.93. The van der Waals surface area contributed by atoms with E-state index in [2.05, 4.69) is 22.6 Å². The highest BCUT2D eigenvalue weighted by molar-refractivity contribution is 14.1. The van der Waals surface area contributed by atoms with E-state index in [0.717, 1.165) is 9.13 Å². The third-order valence-corrected chi connectivity index (χ3v) is 4.31. The molecule has 0 unspecified atom stereocenters.